The van der Waals surface area contributed by atoms with E-state index >= 15 is 0 Å². The van der Waals surface area contributed by atoms with Gasteiger partial charge in [0.25, 0.3) is 0 Å². The Morgan fingerprint density at radius 1 is 0.893 bits per heavy atom. The van der Waals surface area contributed by atoms with E-state index < -0.39 is 41.5 Å². The number of rotatable bonds is 4. The summed E-state index contributed by atoms with van der Waals surface area (Å²) in [7, 11) is 0. The molecule has 0 unspecified atom stereocenters. The van der Waals surface area contributed by atoms with E-state index in [0.717, 1.165) is 37.8 Å². The van der Waals surface area contributed by atoms with Crippen molar-refractivity contribution >= 4 is 0 Å². The zero-order valence-electron chi connectivity index (χ0n) is 15.3. The average molecular weight is 402 g/mol. The number of hydrogen-bond donors (Lipinski definition) is 0. The first-order chi connectivity index (χ1) is 13.2. The van der Waals surface area contributed by atoms with Gasteiger partial charge in [0.05, 0.1) is 5.56 Å². The minimum Gasteiger partial charge on any atom is -0.486 e. The fourth-order valence-corrected chi connectivity index (χ4v) is 3.61. The van der Waals surface area contributed by atoms with Crippen molar-refractivity contribution in [3.8, 4) is 5.75 Å². The Hall–Kier alpha value is -2.18. The molecule has 2 aromatic rings. The van der Waals surface area contributed by atoms with E-state index in [9.17, 15) is 26.3 Å². The van der Waals surface area contributed by atoms with Crippen molar-refractivity contribution < 1.29 is 31.1 Å². The molecule has 0 spiro atoms. The molecule has 0 atom stereocenters. The van der Waals surface area contributed by atoms with Crippen molar-refractivity contribution in [2.45, 2.75) is 51.3 Å². The molecule has 7 heteroatoms. The number of halogens is 6. The molecule has 28 heavy (non-hydrogen) atoms. The third kappa shape index (κ3) is 4.28. The fraction of sp³-hybridized carbons (Fsp3) is 0.429. The Balaban J connectivity index is 1.77. The second kappa shape index (κ2) is 8.05. The fourth-order valence-electron chi connectivity index (χ4n) is 3.61. The van der Waals surface area contributed by atoms with Crippen LogP contribution in [0.2, 0.25) is 0 Å². The average Bonchev–Trinajstić information content (AvgIpc) is 2.64. The van der Waals surface area contributed by atoms with Crippen LogP contribution in [0.1, 0.15) is 55.2 Å². The van der Waals surface area contributed by atoms with E-state index in [1.165, 1.54) is 12.1 Å². The maximum atomic E-state index is 14.5. The van der Waals surface area contributed by atoms with Gasteiger partial charge < -0.3 is 4.74 Å². The first-order valence-electron chi connectivity index (χ1n) is 9.13. The van der Waals surface area contributed by atoms with E-state index in [4.69, 9.17) is 4.74 Å². The van der Waals surface area contributed by atoms with Gasteiger partial charge in [-0.15, -0.1) is 0 Å². The second-order valence-electron chi connectivity index (χ2n) is 7.30. The van der Waals surface area contributed by atoms with Crippen molar-refractivity contribution in [3.05, 3.63) is 64.5 Å². The molecule has 0 radical (unpaired) electrons. The van der Waals surface area contributed by atoms with Gasteiger partial charge in [-0.05, 0) is 42.4 Å². The minimum atomic E-state index is -4.85. The molecule has 1 fully saturated rings. The lowest BCUT2D eigenvalue weighted by Crippen LogP contribution is -2.13. The van der Waals surface area contributed by atoms with Crippen LogP contribution >= 0.6 is 0 Å². The molecule has 1 aliphatic rings. The lowest BCUT2D eigenvalue weighted by Gasteiger charge is -2.27. The lowest BCUT2D eigenvalue weighted by atomic mass is 9.79. The summed E-state index contributed by atoms with van der Waals surface area (Å²) in [6, 6.07) is 5.44. The number of ether oxygens (including phenoxy) is 1. The molecule has 0 aliphatic heterocycles. The third-order valence-corrected chi connectivity index (χ3v) is 5.30. The standard InChI is InChI=1S/C21H20F6O/c1-12-5-7-13(8-6-12)15-9-10-17(20(24)19(15)23)28-11-14-3-2-4-16(18(14)22)21(25,26)27/h2-4,9-10,12-13H,5-8,11H2,1H3. The lowest BCUT2D eigenvalue weighted by molar-refractivity contribution is -0.140. The summed E-state index contributed by atoms with van der Waals surface area (Å²) in [5, 5.41) is 0. The summed E-state index contributed by atoms with van der Waals surface area (Å²) in [6.45, 7) is 1.48. The molecular formula is C21H20F6O. The molecule has 0 heterocycles. The quantitative estimate of drug-likeness (QED) is 0.501. The monoisotopic (exact) mass is 402 g/mol. The van der Waals surface area contributed by atoms with Crippen LogP contribution in [-0.4, -0.2) is 0 Å². The van der Waals surface area contributed by atoms with E-state index in [1.807, 2.05) is 0 Å². The van der Waals surface area contributed by atoms with Gasteiger partial charge in [0.15, 0.2) is 11.6 Å². The van der Waals surface area contributed by atoms with Crippen LogP contribution in [0.4, 0.5) is 26.3 Å². The van der Waals surface area contributed by atoms with E-state index in [0.29, 0.717) is 12.0 Å². The highest BCUT2D eigenvalue weighted by atomic mass is 19.4. The normalized spacial score (nSPS) is 20.2. The van der Waals surface area contributed by atoms with Crippen LogP contribution in [0, 0.1) is 23.4 Å². The van der Waals surface area contributed by atoms with Gasteiger partial charge in [-0.3, -0.25) is 0 Å². The Morgan fingerprint density at radius 2 is 1.57 bits per heavy atom. The highest BCUT2D eigenvalue weighted by molar-refractivity contribution is 5.34. The largest absolute Gasteiger partial charge is 0.486 e. The number of alkyl halides is 3. The molecule has 1 nitrogen and oxygen atoms in total. The molecule has 0 bridgehead atoms. The molecule has 3 rings (SSSR count). The maximum absolute atomic E-state index is 14.5. The van der Waals surface area contributed by atoms with Crippen LogP contribution in [0.15, 0.2) is 30.3 Å². The van der Waals surface area contributed by atoms with Crippen LogP contribution in [0.25, 0.3) is 0 Å². The molecule has 0 N–H and O–H groups in total. The van der Waals surface area contributed by atoms with Gasteiger partial charge in [0.2, 0.25) is 5.82 Å². The van der Waals surface area contributed by atoms with Crippen LogP contribution in [0.5, 0.6) is 5.75 Å². The van der Waals surface area contributed by atoms with Gasteiger partial charge in [0, 0.05) is 5.56 Å². The Morgan fingerprint density at radius 3 is 2.21 bits per heavy atom. The zero-order chi connectivity index (χ0) is 20.5. The molecule has 0 saturated heterocycles. The minimum absolute atomic E-state index is 0.0688. The summed E-state index contributed by atoms with van der Waals surface area (Å²) in [4.78, 5) is 0. The van der Waals surface area contributed by atoms with Crippen molar-refractivity contribution in [1.82, 2.24) is 0 Å². The Bertz CT molecular complexity index is 838. The smallest absolute Gasteiger partial charge is 0.419 e. The molecule has 1 aliphatic carbocycles. The summed E-state index contributed by atoms with van der Waals surface area (Å²) < 4.78 is 86.3. The van der Waals surface area contributed by atoms with Gasteiger partial charge in [-0.1, -0.05) is 38.0 Å². The third-order valence-electron chi connectivity index (χ3n) is 5.30. The van der Waals surface area contributed by atoms with E-state index in [1.54, 1.807) is 0 Å². The van der Waals surface area contributed by atoms with Crippen molar-refractivity contribution in [2.24, 2.45) is 5.92 Å². The summed E-state index contributed by atoms with van der Waals surface area (Å²) in [5.41, 5.74) is -1.54. The number of benzene rings is 2. The van der Waals surface area contributed by atoms with E-state index in [2.05, 4.69) is 6.92 Å². The molecule has 0 aromatic heterocycles. The van der Waals surface area contributed by atoms with Gasteiger partial charge >= 0.3 is 6.18 Å². The SMILES string of the molecule is CC1CCC(c2ccc(OCc3cccc(C(F)(F)F)c3F)c(F)c2F)CC1. The van der Waals surface area contributed by atoms with Gasteiger partial charge in [-0.2, -0.15) is 17.6 Å². The molecule has 152 valence electrons. The van der Waals surface area contributed by atoms with Crippen LogP contribution in [-0.2, 0) is 12.8 Å². The van der Waals surface area contributed by atoms with E-state index in [-0.39, 0.29) is 17.0 Å². The maximum Gasteiger partial charge on any atom is 0.419 e. The Labute approximate surface area is 159 Å². The highest BCUT2D eigenvalue weighted by Crippen LogP contribution is 2.38. The zero-order valence-corrected chi connectivity index (χ0v) is 15.3. The summed E-state index contributed by atoms with van der Waals surface area (Å²) >= 11 is 0. The number of hydrogen-bond acceptors (Lipinski definition) is 1. The topological polar surface area (TPSA) is 9.23 Å². The van der Waals surface area contributed by atoms with Crippen LogP contribution < -0.4 is 4.74 Å². The van der Waals surface area contributed by atoms with Gasteiger partial charge in [0.1, 0.15) is 12.4 Å². The molecule has 2 aromatic carbocycles. The highest BCUT2D eigenvalue weighted by Gasteiger charge is 2.35. The predicted molar refractivity (Wildman–Crippen MR) is 92.5 cm³/mol. The molecule has 0 amide bonds. The van der Waals surface area contributed by atoms with Gasteiger partial charge in [-0.25, -0.2) is 8.78 Å². The van der Waals surface area contributed by atoms with Crippen molar-refractivity contribution in [3.63, 3.8) is 0 Å². The van der Waals surface area contributed by atoms with Crippen molar-refractivity contribution in [1.29, 1.82) is 0 Å². The first kappa shape index (κ1) is 20.6. The van der Waals surface area contributed by atoms with Crippen molar-refractivity contribution in [2.75, 3.05) is 0 Å². The summed E-state index contributed by atoms with van der Waals surface area (Å²) in [5.74, 6) is -3.66. The second-order valence-corrected chi connectivity index (χ2v) is 7.30. The first-order valence-corrected chi connectivity index (χ1v) is 9.13. The molecule has 1 saturated carbocycles. The molecular weight excluding hydrogens is 382 g/mol. The van der Waals surface area contributed by atoms with Crippen LogP contribution in [0.3, 0.4) is 0 Å². The summed E-state index contributed by atoms with van der Waals surface area (Å²) in [6.07, 6.45) is -1.42. The Kier molecular flexibility index (Phi) is 5.91. The predicted octanol–water partition coefficient (Wildman–Crippen LogP) is 7.00.